The van der Waals surface area contributed by atoms with E-state index in [1.165, 1.54) is 30.3 Å². The van der Waals surface area contributed by atoms with Gasteiger partial charge in [-0.1, -0.05) is 68.4 Å². The normalized spacial score (nSPS) is 11.8. The molecule has 0 aliphatic heterocycles. The topological polar surface area (TPSA) is 45.5 Å². The molecule has 5 aromatic rings. The molecular formula is C39H38F5N3O2. The van der Waals surface area contributed by atoms with Crippen LogP contribution < -0.4 is 5.43 Å². The van der Waals surface area contributed by atoms with Crippen LogP contribution in [0.2, 0.25) is 0 Å². The minimum Gasteiger partial charge on any atom is -0.336 e. The highest BCUT2D eigenvalue weighted by molar-refractivity contribution is 5.83. The summed E-state index contributed by atoms with van der Waals surface area (Å²) >= 11 is 0. The number of likely N-dealkylation sites (N-methyl/N-ethyl adjacent to an activating group) is 1. The number of halogens is 5. The fraction of sp³-hybridized carbons (Fsp3) is 0.282. The van der Waals surface area contributed by atoms with Crippen LogP contribution in [0.15, 0.2) is 102 Å². The molecule has 0 fully saturated rings. The Morgan fingerprint density at radius 2 is 1.43 bits per heavy atom. The zero-order valence-electron chi connectivity index (χ0n) is 27.4. The molecule has 0 aliphatic rings. The van der Waals surface area contributed by atoms with Gasteiger partial charge in [0.05, 0.1) is 11.1 Å². The fourth-order valence-corrected chi connectivity index (χ4v) is 5.96. The number of hydrogen-bond acceptors (Lipinski definition) is 3. The van der Waals surface area contributed by atoms with Gasteiger partial charge >= 0.3 is 6.18 Å². The fourth-order valence-electron chi connectivity index (χ4n) is 5.96. The first-order valence-corrected chi connectivity index (χ1v) is 16.3. The zero-order chi connectivity index (χ0) is 35.1. The van der Waals surface area contributed by atoms with E-state index in [-0.39, 0.29) is 30.7 Å². The lowest BCUT2D eigenvalue weighted by atomic mass is 10.0. The largest absolute Gasteiger partial charge is 0.416 e. The highest BCUT2D eigenvalue weighted by Crippen LogP contribution is 2.31. The number of rotatable bonds is 13. The first kappa shape index (κ1) is 35.5. The molecule has 0 unspecified atom stereocenters. The van der Waals surface area contributed by atoms with Gasteiger partial charge in [0.1, 0.15) is 18.2 Å². The van der Waals surface area contributed by atoms with Gasteiger partial charge in [-0.05, 0) is 78.5 Å². The number of carbonyl (C=O) groups excluding carboxylic acids is 1. The summed E-state index contributed by atoms with van der Waals surface area (Å²) in [4.78, 5) is 31.2. The van der Waals surface area contributed by atoms with Crippen LogP contribution in [0, 0.1) is 11.6 Å². The maximum Gasteiger partial charge on any atom is 0.416 e. The number of amides is 1. The summed E-state index contributed by atoms with van der Waals surface area (Å²) < 4.78 is 68.9. The molecule has 5 rings (SSSR count). The molecule has 1 heterocycles. The van der Waals surface area contributed by atoms with Crippen molar-refractivity contribution in [1.29, 1.82) is 0 Å². The summed E-state index contributed by atoms with van der Waals surface area (Å²) in [6.07, 6.45) is -3.96. The molecule has 5 nitrogen and oxygen atoms in total. The van der Waals surface area contributed by atoms with Gasteiger partial charge < -0.3 is 14.4 Å². The molecule has 10 heteroatoms. The lowest BCUT2D eigenvalue weighted by Gasteiger charge is -2.28. The van der Waals surface area contributed by atoms with Crippen molar-refractivity contribution >= 4 is 16.8 Å². The number of para-hydroxylation sites is 1. The van der Waals surface area contributed by atoms with E-state index in [0.29, 0.717) is 47.4 Å². The number of hydrogen-bond donors (Lipinski definition) is 0. The van der Waals surface area contributed by atoms with Crippen molar-refractivity contribution in [2.24, 2.45) is 0 Å². The Kier molecular flexibility index (Phi) is 11.3. The van der Waals surface area contributed by atoms with Crippen LogP contribution in [0.4, 0.5) is 22.0 Å². The van der Waals surface area contributed by atoms with Crippen LogP contribution in [0.3, 0.4) is 0 Å². The minimum atomic E-state index is -4.41. The van der Waals surface area contributed by atoms with Crippen molar-refractivity contribution in [3.8, 4) is 11.1 Å². The molecule has 1 amide bonds. The predicted octanol–water partition coefficient (Wildman–Crippen LogP) is 8.12. The van der Waals surface area contributed by atoms with Crippen molar-refractivity contribution in [2.45, 2.75) is 46.0 Å². The number of fused-ring (bicyclic) bond motifs is 1. The van der Waals surface area contributed by atoms with Gasteiger partial charge in [0.25, 0.3) is 0 Å². The molecule has 0 aliphatic carbocycles. The maximum absolute atomic E-state index is 14.5. The van der Waals surface area contributed by atoms with Crippen molar-refractivity contribution in [3.63, 3.8) is 0 Å². The van der Waals surface area contributed by atoms with Crippen LogP contribution in [-0.4, -0.2) is 46.5 Å². The number of nitrogens with zero attached hydrogens (tertiary/aromatic N) is 3. The molecule has 256 valence electrons. The number of carbonyl (C=O) groups is 1. The van der Waals surface area contributed by atoms with E-state index in [1.54, 1.807) is 33.7 Å². The van der Waals surface area contributed by atoms with Crippen LogP contribution in [0.5, 0.6) is 0 Å². The Morgan fingerprint density at radius 1 is 0.776 bits per heavy atom. The highest BCUT2D eigenvalue weighted by atomic mass is 19.4. The molecule has 0 atom stereocenters. The van der Waals surface area contributed by atoms with Crippen LogP contribution in [-0.2, 0) is 36.9 Å². The Labute approximate surface area is 282 Å². The second-order valence-corrected chi connectivity index (χ2v) is 12.0. The van der Waals surface area contributed by atoms with Crippen molar-refractivity contribution in [1.82, 2.24) is 14.4 Å². The zero-order valence-corrected chi connectivity index (χ0v) is 27.4. The van der Waals surface area contributed by atoms with E-state index in [0.717, 1.165) is 42.4 Å². The summed E-state index contributed by atoms with van der Waals surface area (Å²) in [6, 6.07) is 24.3. The van der Waals surface area contributed by atoms with Gasteiger partial charge in [-0.3, -0.25) is 9.59 Å². The third kappa shape index (κ3) is 8.80. The maximum atomic E-state index is 14.5. The summed E-state index contributed by atoms with van der Waals surface area (Å²) in [7, 11) is 0. The average Bonchev–Trinajstić information content (AvgIpc) is 3.09. The third-order valence-electron chi connectivity index (χ3n) is 8.87. The Hall–Kier alpha value is -4.83. The molecule has 4 aromatic carbocycles. The van der Waals surface area contributed by atoms with E-state index in [1.807, 2.05) is 24.3 Å². The summed E-state index contributed by atoms with van der Waals surface area (Å²) in [5.74, 6) is -1.52. The summed E-state index contributed by atoms with van der Waals surface area (Å²) in [5, 5.41) is 0.459. The monoisotopic (exact) mass is 675 g/mol. The van der Waals surface area contributed by atoms with E-state index >= 15 is 0 Å². The van der Waals surface area contributed by atoms with Gasteiger partial charge in [0.15, 0.2) is 5.43 Å². The number of pyridine rings is 1. The van der Waals surface area contributed by atoms with E-state index in [4.69, 9.17) is 0 Å². The molecule has 0 radical (unpaired) electrons. The quantitative estimate of drug-likeness (QED) is 0.119. The standard InChI is InChI=1S/C39H38F5N3O2/c1-3-45(4-2)21-22-46(25-27-9-11-28(12-10-27)29-13-17-31(18-14-29)39(42,43)44)38(49)26-47-33(20-16-30-15-19-32(40)23-35(30)41)24-37(48)34-7-5-6-8-36(34)47/h5-15,17-19,23-24H,3-4,16,20-22,25-26H2,1-2H3. The first-order chi connectivity index (χ1) is 23.5. The number of alkyl halides is 3. The first-order valence-electron chi connectivity index (χ1n) is 16.3. The second kappa shape index (κ2) is 15.6. The SMILES string of the molecule is CCN(CC)CCN(Cc1ccc(-c2ccc(C(F)(F)F)cc2)cc1)C(=O)Cn1c(CCc2ccc(F)cc2F)cc(=O)c2ccccc21. The molecule has 0 bridgehead atoms. The number of aryl methyl sites for hydroxylation is 2. The van der Waals surface area contributed by atoms with Crippen LogP contribution >= 0.6 is 0 Å². The van der Waals surface area contributed by atoms with Gasteiger partial charge in [-0.15, -0.1) is 0 Å². The molecular weight excluding hydrogens is 637 g/mol. The van der Waals surface area contributed by atoms with Crippen LogP contribution in [0.25, 0.3) is 22.0 Å². The van der Waals surface area contributed by atoms with Crippen LogP contribution in [0.1, 0.15) is 36.2 Å². The minimum absolute atomic E-state index is 0.0656. The van der Waals surface area contributed by atoms with Crippen molar-refractivity contribution < 1.29 is 26.7 Å². The Morgan fingerprint density at radius 3 is 2.06 bits per heavy atom. The van der Waals surface area contributed by atoms with Crippen molar-refractivity contribution in [3.05, 3.63) is 141 Å². The number of benzene rings is 4. The molecule has 1 aromatic heterocycles. The highest BCUT2D eigenvalue weighted by Gasteiger charge is 2.30. The predicted molar refractivity (Wildman–Crippen MR) is 182 cm³/mol. The van der Waals surface area contributed by atoms with Gasteiger partial charge in [0, 0.05) is 42.8 Å². The lowest BCUT2D eigenvalue weighted by molar-refractivity contribution is -0.137. The third-order valence-corrected chi connectivity index (χ3v) is 8.87. The Balaban J connectivity index is 1.42. The summed E-state index contributed by atoms with van der Waals surface area (Å²) in [6.45, 7) is 7.05. The Bertz CT molecular complexity index is 1950. The van der Waals surface area contributed by atoms with Gasteiger partial charge in [-0.2, -0.15) is 13.2 Å². The molecule has 0 saturated heterocycles. The number of aromatic nitrogens is 1. The molecule has 0 spiro atoms. The average molecular weight is 676 g/mol. The van der Waals surface area contributed by atoms with E-state index < -0.39 is 23.4 Å². The van der Waals surface area contributed by atoms with E-state index in [2.05, 4.69) is 18.7 Å². The smallest absolute Gasteiger partial charge is 0.336 e. The van der Waals surface area contributed by atoms with Gasteiger partial charge in [-0.25, -0.2) is 8.78 Å². The lowest BCUT2D eigenvalue weighted by Crippen LogP contribution is -2.40. The van der Waals surface area contributed by atoms with E-state index in [9.17, 15) is 31.5 Å². The molecule has 0 saturated carbocycles. The summed E-state index contributed by atoms with van der Waals surface area (Å²) in [5.41, 5.74) is 2.78. The molecule has 0 N–H and O–H groups in total. The molecule has 49 heavy (non-hydrogen) atoms. The second-order valence-electron chi connectivity index (χ2n) is 12.0. The van der Waals surface area contributed by atoms with Crippen molar-refractivity contribution in [2.75, 3.05) is 26.2 Å². The van der Waals surface area contributed by atoms with Gasteiger partial charge in [0.2, 0.25) is 5.91 Å².